The highest BCUT2D eigenvalue weighted by molar-refractivity contribution is 8.18. The van der Waals surface area contributed by atoms with Crippen LogP contribution in [0.3, 0.4) is 0 Å². The number of rotatable bonds is 8. The van der Waals surface area contributed by atoms with Gasteiger partial charge in [0.2, 0.25) is 0 Å². The summed E-state index contributed by atoms with van der Waals surface area (Å²) in [5, 5.41) is 14.8. The van der Waals surface area contributed by atoms with Crippen LogP contribution in [-0.2, 0) is 20.0 Å². The molecule has 1 unspecified atom stereocenters. The van der Waals surface area contributed by atoms with Gasteiger partial charge in [0, 0.05) is 18.8 Å². The number of nitrogens with zero attached hydrogens (tertiary/aromatic N) is 2. The lowest BCUT2D eigenvalue weighted by Crippen LogP contribution is -2.31. The first-order valence-corrected chi connectivity index (χ1v) is 14.2. The molecule has 0 radical (unpaired) electrons. The van der Waals surface area contributed by atoms with E-state index >= 15 is 0 Å². The average molecular weight is 503 g/mol. The van der Waals surface area contributed by atoms with E-state index in [9.17, 15) is 21.9 Å². The second-order valence-corrected chi connectivity index (χ2v) is 12.7. The Morgan fingerprint density at radius 2 is 2.12 bits per heavy atom. The topological polar surface area (TPSA) is 141 Å². The van der Waals surface area contributed by atoms with Crippen LogP contribution in [0.1, 0.15) is 43.7 Å². The Morgan fingerprint density at radius 3 is 2.72 bits per heavy atom. The third kappa shape index (κ3) is 4.56. The summed E-state index contributed by atoms with van der Waals surface area (Å²) in [6, 6.07) is 2.43. The first-order valence-electron chi connectivity index (χ1n) is 10.2. The summed E-state index contributed by atoms with van der Waals surface area (Å²) in [4.78, 5) is 4.36. The van der Waals surface area contributed by atoms with Crippen molar-refractivity contribution in [2.75, 3.05) is 12.8 Å². The number of aliphatic hydroxyl groups is 1. The van der Waals surface area contributed by atoms with Crippen LogP contribution in [0.2, 0.25) is 0 Å². The maximum Gasteiger partial charge on any atom is 0.258 e. The quantitative estimate of drug-likeness (QED) is 0.491. The van der Waals surface area contributed by atoms with Crippen LogP contribution in [0.4, 0.5) is 0 Å². The van der Waals surface area contributed by atoms with Gasteiger partial charge in [-0.2, -0.15) is 4.31 Å². The number of aliphatic imine (C=N–C) groups is 1. The van der Waals surface area contributed by atoms with Gasteiger partial charge in [-0.25, -0.2) is 16.8 Å². The molecule has 0 bridgehead atoms. The molecule has 0 saturated heterocycles. The molecule has 1 fully saturated rings. The van der Waals surface area contributed by atoms with Crippen molar-refractivity contribution in [3.05, 3.63) is 44.8 Å². The van der Waals surface area contributed by atoms with E-state index in [1.807, 2.05) is 26.0 Å². The molecule has 3 N–H and O–H groups in total. The first kappa shape index (κ1) is 23.2. The third-order valence-corrected chi connectivity index (χ3v) is 10.2. The summed E-state index contributed by atoms with van der Waals surface area (Å²) in [5.41, 5.74) is 0.232. The monoisotopic (exact) mass is 502 g/mol. The van der Waals surface area contributed by atoms with Crippen LogP contribution in [-0.4, -0.2) is 57.0 Å². The minimum atomic E-state index is -3.81. The number of sulfonamides is 2. The van der Waals surface area contributed by atoms with Crippen LogP contribution in [0.25, 0.3) is 0 Å². The lowest BCUT2D eigenvalue weighted by Gasteiger charge is -2.17. The van der Waals surface area contributed by atoms with Gasteiger partial charge in [0.1, 0.15) is 23.3 Å². The SMILES string of the molecule is CC[C@@H](NC1=CS(=O)(=O)NC1=NC1CSC(S(=O)(=O)N(C)C2CC2)=C1O)c1ccc(C)o1. The molecule has 2 aliphatic heterocycles. The lowest BCUT2D eigenvalue weighted by molar-refractivity contribution is 0.378. The summed E-state index contributed by atoms with van der Waals surface area (Å²) in [5.74, 6) is 1.24. The van der Waals surface area contributed by atoms with E-state index in [0.717, 1.165) is 35.8 Å². The molecule has 3 aliphatic rings. The predicted molar refractivity (Wildman–Crippen MR) is 123 cm³/mol. The zero-order chi connectivity index (χ0) is 23.3. The Bertz CT molecular complexity index is 1210. The van der Waals surface area contributed by atoms with E-state index in [2.05, 4.69) is 15.0 Å². The van der Waals surface area contributed by atoms with Gasteiger partial charge in [-0.05, 0) is 38.3 Å². The first-order chi connectivity index (χ1) is 15.0. The van der Waals surface area contributed by atoms with Crippen molar-refractivity contribution in [1.29, 1.82) is 0 Å². The molecule has 4 rings (SSSR count). The fourth-order valence-electron chi connectivity index (χ4n) is 3.50. The number of aliphatic hydroxyl groups excluding tert-OH is 1. The molecule has 1 saturated carbocycles. The molecule has 13 heteroatoms. The van der Waals surface area contributed by atoms with Crippen molar-refractivity contribution >= 4 is 37.6 Å². The van der Waals surface area contributed by atoms with Crippen molar-refractivity contribution in [1.82, 2.24) is 14.3 Å². The smallest absolute Gasteiger partial charge is 0.258 e. The van der Waals surface area contributed by atoms with Crippen LogP contribution in [0.15, 0.2) is 42.6 Å². The summed E-state index contributed by atoms with van der Waals surface area (Å²) in [6.45, 7) is 3.75. The van der Waals surface area contributed by atoms with Gasteiger partial charge in [0.15, 0.2) is 10.1 Å². The fraction of sp³-hybridized carbons (Fsp3) is 0.526. The van der Waals surface area contributed by atoms with Gasteiger partial charge in [-0.3, -0.25) is 9.71 Å². The molecule has 1 aromatic heterocycles. The minimum Gasteiger partial charge on any atom is -0.508 e. The van der Waals surface area contributed by atoms with Crippen LogP contribution < -0.4 is 10.0 Å². The highest BCUT2D eigenvalue weighted by atomic mass is 32.3. The molecule has 176 valence electrons. The molecule has 3 heterocycles. The molecular weight excluding hydrogens is 476 g/mol. The van der Waals surface area contributed by atoms with Crippen molar-refractivity contribution in [2.45, 2.75) is 51.2 Å². The highest BCUT2D eigenvalue weighted by Crippen LogP contribution is 2.40. The van der Waals surface area contributed by atoms with Crippen molar-refractivity contribution < 1.29 is 26.4 Å². The molecule has 0 spiro atoms. The lowest BCUT2D eigenvalue weighted by atomic mass is 10.1. The molecule has 2 atom stereocenters. The summed E-state index contributed by atoms with van der Waals surface area (Å²) in [7, 11) is -6.06. The molecule has 0 aromatic carbocycles. The van der Waals surface area contributed by atoms with Crippen molar-refractivity contribution in [3.8, 4) is 0 Å². The van der Waals surface area contributed by atoms with Gasteiger partial charge in [0.25, 0.3) is 20.0 Å². The molecule has 32 heavy (non-hydrogen) atoms. The Kier molecular flexibility index (Phi) is 6.11. The van der Waals surface area contributed by atoms with Crippen LogP contribution >= 0.6 is 11.8 Å². The number of furan rings is 1. The average Bonchev–Trinajstić information content (AvgIpc) is 3.28. The zero-order valence-corrected chi connectivity index (χ0v) is 20.3. The highest BCUT2D eigenvalue weighted by Gasteiger charge is 2.42. The maximum atomic E-state index is 12.8. The Balaban J connectivity index is 1.59. The standard InChI is InChI=1S/C19H26N4O6S3/c1-4-13(16-8-5-11(2)29-16)20-15-10-31(25,26)22-18(15)21-14-9-30-19(17(14)24)32(27,28)23(3)12-6-7-12/h5,8,10,12-14,20,24H,4,6-7,9H2,1-3H3,(H,21,22)/t13-,14?/m1/s1. The van der Waals surface area contributed by atoms with Gasteiger partial charge in [-0.1, -0.05) is 6.92 Å². The van der Waals surface area contributed by atoms with Gasteiger partial charge < -0.3 is 14.8 Å². The van der Waals surface area contributed by atoms with Crippen molar-refractivity contribution in [2.24, 2.45) is 4.99 Å². The van der Waals surface area contributed by atoms with Gasteiger partial charge in [0.05, 0.1) is 17.1 Å². The molecule has 10 nitrogen and oxygen atoms in total. The predicted octanol–water partition coefficient (Wildman–Crippen LogP) is 2.07. The van der Waals surface area contributed by atoms with Crippen LogP contribution in [0.5, 0.6) is 0 Å². The van der Waals surface area contributed by atoms with Gasteiger partial charge >= 0.3 is 0 Å². The van der Waals surface area contributed by atoms with E-state index in [-0.39, 0.29) is 39.4 Å². The normalized spacial score (nSPS) is 25.3. The minimum absolute atomic E-state index is 0.0260. The van der Waals surface area contributed by atoms with E-state index in [4.69, 9.17) is 4.42 Å². The molecule has 0 amide bonds. The third-order valence-electron chi connectivity index (χ3n) is 5.47. The largest absolute Gasteiger partial charge is 0.508 e. The zero-order valence-electron chi connectivity index (χ0n) is 17.9. The van der Waals surface area contributed by atoms with E-state index in [1.54, 1.807) is 0 Å². The summed E-state index contributed by atoms with van der Waals surface area (Å²) < 4.78 is 59.2. The van der Waals surface area contributed by atoms with Gasteiger partial charge in [-0.15, -0.1) is 11.8 Å². The summed E-state index contributed by atoms with van der Waals surface area (Å²) >= 11 is 1.00. The van der Waals surface area contributed by atoms with E-state index < -0.39 is 26.1 Å². The number of amidine groups is 1. The van der Waals surface area contributed by atoms with Crippen LogP contribution in [0, 0.1) is 6.92 Å². The Morgan fingerprint density at radius 1 is 1.41 bits per heavy atom. The molecular formula is C19H26N4O6S3. The number of nitrogens with one attached hydrogen (secondary N) is 2. The number of hydrogen-bond acceptors (Lipinski definition) is 9. The molecule has 1 aliphatic carbocycles. The summed E-state index contributed by atoms with van der Waals surface area (Å²) in [6.07, 6.45) is 2.23. The Hall–Kier alpha value is -1.96. The second kappa shape index (κ2) is 8.43. The van der Waals surface area contributed by atoms with E-state index in [0.29, 0.717) is 12.2 Å². The number of thioether (sulfide) groups is 1. The number of hydrogen-bond donors (Lipinski definition) is 3. The van der Waals surface area contributed by atoms with Crippen molar-refractivity contribution in [3.63, 3.8) is 0 Å². The Labute approximate surface area is 191 Å². The number of aryl methyl sites for hydroxylation is 1. The second-order valence-electron chi connectivity index (χ2n) is 7.96. The maximum absolute atomic E-state index is 12.8. The fourth-order valence-corrected chi connectivity index (χ4v) is 7.73. The molecule has 1 aromatic rings. The van der Waals surface area contributed by atoms with E-state index in [1.165, 1.54) is 11.4 Å².